The highest BCUT2D eigenvalue weighted by atomic mass is 16.5. The van der Waals surface area contributed by atoms with Crippen molar-refractivity contribution in [3.05, 3.63) is 41.9 Å². The lowest BCUT2D eigenvalue weighted by Gasteiger charge is -2.26. The van der Waals surface area contributed by atoms with Crippen LogP contribution in [-0.4, -0.2) is 28.8 Å². The van der Waals surface area contributed by atoms with Crippen molar-refractivity contribution in [3.63, 3.8) is 0 Å². The molecule has 1 aliphatic heterocycles. The van der Waals surface area contributed by atoms with Gasteiger partial charge in [-0.05, 0) is 37.5 Å². The first kappa shape index (κ1) is 14.0. The van der Waals surface area contributed by atoms with Crippen LogP contribution in [0, 0.1) is 6.92 Å². The van der Waals surface area contributed by atoms with E-state index in [4.69, 9.17) is 9.26 Å². The van der Waals surface area contributed by atoms with Gasteiger partial charge in [-0.1, -0.05) is 17.3 Å². The molecule has 1 aromatic carbocycles. The molecule has 0 aliphatic carbocycles. The van der Waals surface area contributed by atoms with E-state index in [0.717, 1.165) is 42.0 Å². The van der Waals surface area contributed by atoms with E-state index in [9.17, 15) is 0 Å². The molecule has 1 atom stereocenters. The zero-order valence-electron chi connectivity index (χ0n) is 13.2. The molecule has 0 N–H and O–H groups in total. The van der Waals surface area contributed by atoms with Crippen LogP contribution in [0.15, 0.2) is 35.1 Å². The van der Waals surface area contributed by atoms with Crippen molar-refractivity contribution >= 4 is 16.9 Å². The molecule has 1 aliphatic rings. The number of aromatic nitrogens is 3. The van der Waals surface area contributed by atoms with Gasteiger partial charge in [0.25, 0.3) is 5.71 Å². The molecule has 6 heteroatoms. The molecular weight excluding hydrogens is 292 g/mol. The first-order chi connectivity index (χ1) is 11.3. The normalized spacial score (nSPS) is 17.8. The van der Waals surface area contributed by atoms with Crippen LogP contribution in [0.1, 0.15) is 30.1 Å². The molecule has 0 bridgehead atoms. The smallest absolute Gasteiger partial charge is 0.263 e. The van der Waals surface area contributed by atoms with Crippen molar-refractivity contribution in [1.29, 1.82) is 0 Å². The first-order valence-corrected chi connectivity index (χ1v) is 7.75. The van der Waals surface area contributed by atoms with Crippen molar-refractivity contribution in [2.75, 3.05) is 18.6 Å². The molecule has 3 heterocycles. The number of ether oxygens (including phenoxy) is 1. The van der Waals surface area contributed by atoms with Crippen LogP contribution in [0.3, 0.4) is 0 Å². The fourth-order valence-electron chi connectivity index (χ4n) is 3.34. The molecule has 1 unspecified atom stereocenters. The standard InChI is InChI=1S/C17H18N4O2/c1-11-15-16(18-10-19-17(15)23-20-11)21-8-4-7-14(21)12-5-3-6-13(9-12)22-2/h3,5-6,9-10,14H,4,7-8H2,1-2H3. The summed E-state index contributed by atoms with van der Waals surface area (Å²) in [6, 6.07) is 8.52. The van der Waals surface area contributed by atoms with Gasteiger partial charge in [0.05, 0.1) is 18.8 Å². The van der Waals surface area contributed by atoms with Crippen LogP contribution < -0.4 is 9.64 Å². The zero-order valence-corrected chi connectivity index (χ0v) is 13.2. The molecule has 0 radical (unpaired) electrons. The molecule has 118 valence electrons. The van der Waals surface area contributed by atoms with E-state index in [1.165, 1.54) is 5.56 Å². The van der Waals surface area contributed by atoms with Crippen LogP contribution in [0.2, 0.25) is 0 Å². The molecule has 1 fully saturated rings. The minimum absolute atomic E-state index is 0.275. The Hall–Kier alpha value is -2.63. The Morgan fingerprint density at radius 3 is 3.09 bits per heavy atom. The lowest BCUT2D eigenvalue weighted by atomic mass is 10.0. The van der Waals surface area contributed by atoms with Gasteiger partial charge in [0, 0.05) is 6.54 Å². The molecule has 23 heavy (non-hydrogen) atoms. The van der Waals surface area contributed by atoms with Crippen molar-refractivity contribution in [3.8, 4) is 5.75 Å². The molecule has 1 saturated heterocycles. The summed E-state index contributed by atoms with van der Waals surface area (Å²) < 4.78 is 10.6. The number of anilines is 1. The predicted molar refractivity (Wildman–Crippen MR) is 86.7 cm³/mol. The molecule has 3 aromatic rings. The monoisotopic (exact) mass is 310 g/mol. The summed E-state index contributed by atoms with van der Waals surface area (Å²) >= 11 is 0. The molecule has 2 aromatic heterocycles. The van der Waals surface area contributed by atoms with Crippen LogP contribution >= 0.6 is 0 Å². The zero-order chi connectivity index (χ0) is 15.8. The largest absolute Gasteiger partial charge is 0.497 e. The number of hydrogen-bond acceptors (Lipinski definition) is 6. The highest BCUT2D eigenvalue weighted by molar-refractivity contribution is 5.88. The second-order valence-corrected chi connectivity index (χ2v) is 5.77. The summed E-state index contributed by atoms with van der Waals surface area (Å²) in [5.41, 5.74) is 2.61. The van der Waals surface area contributed by atoms with Crippen molar-refractivity contribution < 1.29 is 9.26 Å². The molecule has 0 spiro atoms. The number of aryl methyl sites for hydroxylation is 1. The Bertz CT molecular complexity index is 845. The Balaban J connectivity index is 1.79. The summed E-state index contributed by atoms with van der Waals surface area (Å²) in [6.07, 6.45) is 3.75. The van der Waals surface area contributed by atoms with Gasteiger partial charge in [-0.25, -0.2) is 4.98 Å². The van der Waals surface area contributed by atoms with Crippen LogP contribution in [0.4, 0.5) is 5.82 Å². The van der Waals surface area contributed by atoms with E-state index in [2.05, 4.69) is 32.2 Å². The lowest BCUT2D eigenvalue weighted by molar-refractivity contribution is 0.414. The Morgan fingerprint density at radius 2 is 2.22 bits per heavy atom. The van der Waals surface area contributed by atoms with Crippen LogP contribution in [0.5, 0.6) is 5.75 Å². The third kappa shape index (κ3) is 2.30. The fraction of sp³-hybridized carbons (Fsp3) is 0.353. The third-order valence-electron chi connectivity index (χ3n) is 4.43. The number of rotatable bonds is 3. The SMILES string of the molecule is COc1cccc(C2CCCN2c2ncnc3onc(C)c23)c1. The van der Waals surface area contributed by atoms with E-state index in [1.54, 1.807) is 13.4 Å². The van der Waals surface area contributed by atoms with Gasteiger partial charge in [-0.15, -0.1) is 0 Å². The highest BCUT2D eigenvalue weighted by Gasteiger charge is 2.30. The van der Waals surface area contributed by atoms with Crippen molar-refractivity contribution in [1.82, 2.24) is 15.1 Å². The maximum absolute atomic E-state index is 5.36. The van der Waals surface area contributed by atoms with Gasteiger partial charge in [0.1, 0.15) is 23.3 Å². The lowest BCUT2D eigenvalue weighted by Crippen LogP contribution is -2.24. The maximum Gasteiger partial charge on any atom is 0.263 e. The minimum Gasteiger partial charge on any atom is -0.497 e. The average molecular weight is 310 g/mol. The van der Waals surface area contributed by atoms with E-state index >= 15 is 0 Å². The van der Waals surface area contributed by atoms with Crippen LogP contribution in [-0.2, 0) is 0 Å². The Morgan fingerprint density at radius 1 is 1.30 bits per heavy atom. The second-order valence-electron chi connectivity index (χ2n) is 5.77. The topological polar surface area (TPSA) is 64.3 Å². The van der Waals surface area contributed by atoms with Crippen molar-refractivity contribution in [2.45, 2.75) is 25.8 Å². The van der Waals surface area contributed by atoms with Gasteiger partial charge >= 0.3 is 0 Å². The minimum atomic E-state index is 0.275. The van der Waals surface area contributed by atoms with E-state index in [1.807, 2.05) is 19.1 Å². The average Bonchev–Trinajstić information content (AvgIpc) is 3.22. The number of hydrogen-bond donors (Lipinski definition) is 0. The van der Waals surface area contributed by atoms with Gasteiger partial charge in [0.2, 0.25) is 0 Å². The number of methoxy groups -OCH3 is 1. The number of nitrogens with zero attached hydrogens (tertiary/aromatic N) is 4. The first-order valence-electron chi connectivity index (χ1n) is 7.75. The molecule has 6 nitrogen and oxygen atoms in total. The molecular formula is C17H18N4O2. The summed E-state index contributed by atoms with van der Waals surface area (Å²) in [5.74, 6) is 1.78. The Kier molecular flexibility index (Phi) is 3.37. The van der Waals surface area contributed by atoms with E-state index in [0.29, 0.717) is 5.71 Å². The fourth-order valence-corrected chi connectivity index (χ4v) is 3.34. The Labute approximate surface area is 134 Å². The third-order valence-corrected chi connectivity index (χ3v) is 4.43. The second kappa shape index (κ2) is 5.53. The van der Waals surface area contributed by atoms with E-state index < -0.39 is 0 Å². The van der Waals surface area contributed by atoms with Gasteiger partial charge in [-0.3, -0.25) is 0 Å². The predicted octanol–water partition coefficient (Wildman–Crippen LogP) is 3.28. The van der Waals surface area contributed by atoms with Crippen molar-refractivity contribution in [2.24, 2.45) is 0 Å². The molecule has 4 rings (SSSR count). The summed E-state index contributed by atoms with van der Waals surface area (Å²) in [7, 11) is 1.69. The number of benzene rings is 1. The molecule has 0 amide bonds. The summed E-state index contributed by atoms with van der Waals surface area (Å²) in [5, 5.41) is 4.93. The van der Waals surface area contributed by atoms with Crippen LogP contribution in [0.25, 0.3) is 11.1 Å². The number of fused-ring (bicyclic) bond motifs is 1. The van der Waals surface area contributed by atoms with Gasteiger partial charge in [-0.2, -0.15) is 4.98 Å². The highest BCUT2D eigenvalue weighted by Crippen LogP contribution is 2.39. The quantitative estimate of drug-likeness (QED) is 0.740. The molecule has 0 saturated carbocycles. The summed E-state index contributed by atoms with van der Waals surface area (Å²) in [4.78, 5) is 11.0. The maximum atomic E-state index is 5.36. The van der Waals surface area contributed by atoms with Gasteiger partial charge in [0.15, 0.2) is 0 Å². The van der Waals surface area contributed by atoms with E-state index in [-0.39, 0.29) is 6.04 Å². The summed E-state index contributed by atoms with van der Waals surface area (Å²) in [6.45, 7) is 2.88. The van der Waals surface area contributed by atoms with Gasteiger partial charge < -0.3 is 14.2 Å².